The molecule has 2 nitrogen and oxygen atoms in total. The molecule has 0 aromatic heterocycles. The van der Waals surface area contributed by atoms with Crippen molar-refractivity contribution in [2.75, 3.05) is 6.61 Å². The number of hydrogen-bond acceptors (Lipinski definition) is 2. The van der Waals surface area contributed by atoms with E-state index in [9.17, 15) is 4.79 Å². The lowest BCUT2D eigenvalue weighted by Crippen LogP contribution is -2.09. The molecular formula is C16H22O2. The number of allylic oxidation sites excluding steroid dienone is 1. The summed E-state index contributed by atoms with van der Waals surface area (Å²) in [5, 5.41) is 0. The molecule has 0 aliphatic carbocycles. The average molecular weight is 246 g/mol. The molecule has 1 rings (SSSR count). The van der Waals surface area contributed by atoms with E-state index in [1.54, 1.807) is 0 Å². The number of esters is 1. The van der Waals surface area contributed by atoms with Crippen LogP contribution < -0.4 is 0 Å². The zero-order chi connectivity index (χ0) is 13.2. The van der Waals surface area contributed by atoms with Gasteiger partial charge in [0.25, 0.3) is 0 Å². The van der Waals surface area contributed by atoms with Gasteiger partial charge in [-0.05, 0) is 43.7 Å². The van der Waals surface area contributed by atoms with Gasteiger partial charge < -0.3 is 4.74 Å². The van der Waals surface area contributed by atoms with Crippen molar-refractivity contribution in [2.45, 2.75) is 39.0 Å². The first-order valence-electron chi connectivity index (χ1n) is 6.61. The number of aryl methyl sites for hydroxylation is 1. The van der Waals surface area contributed by atoms with Gasteiger partial charge in [-0.1, -0.05) is 30.3 Å². The standard InChI is InChI=1S/C16H22O2/c1-3-5-6-7-10-14-11-8-9-12-15(14)13-16(17)18-4-2/h3,8-9,11-12H,1,4-7,10,13H2,2H3. The lowest BCUT2D eigenvalue weighted by atomic mass is 9.99. The summed E-state index contributed by atoms with van der Waals surface area (Å²) in [7, 11) is 0. The highest BCUT2D eigenvalue weighted by atomic mass is 16.5. The van der Waals surface area contributed by atoms with E-state index >= 15 is 0 Å². The molecular weight excluding hydrogens is 224 g/mol. The summed E-state index contributed by atoms with van der Waals surface area (Å²) in [6.07, 6.45) is 6.68. The van der Waals surface area contributed by atoms with Crippen molar-refractivity contribution < 1.29 is 9.53 Å². The Morgan fingerprint density at radius 1 is 1.28 bits per heavy atom. The van der Waals surface area contributed by atoms with Crippen molar-refractivity contribution in [2.24, 2.45) is 0 Å². The minimum atomic E-state index is -0.143. The molecule has 98 valence electrons. The predicted octanol–water partition coefficient (Wildman–Crippen LogP) is 3.69. The van der Waals surface area contributed by atoms with E-state index < -0.39 is 0 Å². The van der Waals surface area contributed by atoms with Gasteiger partial charge in [-0.3, -0.25) is 4.79 Å². The van der Waals surface area contributed by atoms with Crippen LogP contribution in [0.25, 0.3) is 0 Å². The van der Waals surface area contributed by atoms with Gasteiger partial charge in [-0.15, -0.1) is 6.58 Å². The summed E-state index contributed by atoms with van der Waals surface area (Å²) >= 11 is 0. The van der Waals surface area contributed by atoms with Crippen molar-refractivity contribution in [3.05, 3.63) is 48.0 Å². The predicted molar refractivity (Wildman–Crippen MR) is 74.5 cm³/mol. The first-order chi connectivity index (χ1) is 8.77. The number of unbranched alkanes of at least 4 members (excludes halogenated alkanes) is 2. The topological polar surface area (TPSA) is 26.3 Å². The third-order valence-corrected chi connectivity index (χ3v) is 2.86. The van der Waals surface area contributed by atoms with E-state index in [0.29, 0.717) is 13.0 Å². The van der Waals surface area contributed by atoms with Crippen molar-refractivity contribution in [3.8, 4) is 0 Å². The largest absolute Gasteiger partial charge is 0.466 e. The molecule has 0 N–H and O–H groups in total. The maximum absolute atomic E-state index is 11.5. The van der Waals surface area contributed by atoms with Crippen molar-refractivity contribution in [1.29, 1.82) is 0 Å². The van der Waals surface area contributed by atoms with Crippen LogP contribution in [0.4, 0.5) is 0 Å². The highest BCUT2D eigenvalue weighted by molar-refractivity contribution is 5.73. The van der Waals surface area contributed by atoms with Gasteiger partial charge in [0.15, 0.2) is 0 Å². The van der Waals surface area contributed by atoms with Crippen LogP contribution >= 0.6 is 0 Å². The van der Waals surface area contributed by atoms with Crippen LogP contribution in [0, 0.1) is 0 Å². The zero-order valence-corrected chi connectivity index (χ0v) is 11.2. The molecule has 0 fully saturated rings. The lowest BCUT2D eigenvalue weighted by Gasteiger charge is -2.08. The molecule has 1 aromatic rings. The number of rotatable bonds is 8. The van der Waals surface area contributed by atoms with E-state index in [2.05, 4.69) is 12.6 Å². The van der Waals surface area contributed by atoms with E-state index in [4.69, 9.17) is 4.74 Å². The van der Waals surface area contributed by atoms with Crippen LogP contribution in [0.1, 0.15) is 37.3 Å². The summed E-state index contributed by atoms with van der Waals surface area (Å²) in [6.45, 7) is 6.00. The van der Waals surface area contributed by atoms with Crippen LogP contribution in [0.15, 0.2) is 36.9 Å². The number of benzene rings is 1. The van der Waals surface area contributed by atoms with Gasteiger partial charge in [-0.2, -0.15) is 0 Å². The molecule has 0 heterocycles. The van der Waals surface area contributed by atoms with Crippen LogP contribution in [-0.2, 0) is 22.4 Å². The molecule has 0 saturated carbocycles. The lowest BCUT2D eigenvalue weighted by molar-refractivity contribution is -0.142. The van der Waals surface area contributed by atoms with Gasteiger partial charge in [0.05, 0.1) is 13.0 Å². The Bertz CT molecular complexity index is 382. The molecule has 0 aliphatic rings. The van der Waals surface area contributed by atoms with E-state index in [1.807, 2.05) is 31.2 Å². The molecule has 0 radical (unpaired) electrons. The Hall–Kier alpha value is -1.57. The monoisotopic (exact) mass is 246 g/mol. The van der Waals surface area contributed by atoms with Crippen LogP contribution in [0.5, 0.6) is 0 Å². The highest BCUT2D eigenvalue weighted by Crippen LogP contribution is 2.14. The van der Waals surface area contributed by atoms with Crippen molar-refractivity contribution in [1.82, 2.24) is 0 Å². The summed E-state index contributed by atoms with van der Waals surface area (Å²) in [4.78, 5) is 11.5. The normalized spacial score (nSPS) is 10.1. The summed E-state index contributed by atoms with van der Waals surface area (Å²) < 4.78 is 4.99. The first kappa shape index (κ1) is 14.5. The third kappa shape index (κ3) is 5.17. The first-order valence-corrected chi connectivity index (χ1v) is 6.61. The number of hydrogen-bond donors (Lipinski definition) is 0. The molecule has 0 bridgehead atoms. The zero-order valence-electron chi connectivity index (χ0n) is 11.2. The minimum Gasteiger partial charge on any atom is -0.466 e. The molecule has 2 heteroatoms. The Morgan fingerprint density at radius 2 is 2.00 bits per heavy atom. The number of carbonyl (C=O) groups excluding carboxylic acids is 1. The van der Waals surface area contributed by atoms with E-state index in [1.165, 1.54) is 5.56 Å². The second-order valence-corrected chi connectivity index (χ2v) is 4.28. The minimum absolute atomic E-state index is 0.143. The Labute approximate surface area is 110 Å². The summed E-state index contributed by atoms with van der Waals surface area (Å²) in [6, 6.07) is 8.11. The second-order valence-electron chi connectivity index (χ2n) is 4.28. The van der Waals surface area contributed by atoms with Crippen LogP contribution in [0.2, 0.25) is 0 Å². The quantitative estimate of drug-likeness (QED) is 0.397. The second kappa shape index (κ2) is 8.51. The molecule has 0 amide bonds. The fourth-order valence-electron chi connectivity index (χ4n) is 1.95. The summed E-state index contributed by atoms with van der Waals surface area (Å²) in [5.74, 6) is -0.143. The van der Waals surface area contributed by atoms with Gasteiger partial charge in [0.1, 0.15) is 0 Å². The molecule has 0 saturated heterocycles. The van der Waals surface area contributed by atoms with Crippen molar-refractivity contribution >= 4 is 5.97 Å². The maximum atomic E-state index is 11.5. The van der Waals surface area contributed by atoms with E-state index in [-0.39, 0.29) is 5.97 Å². The van der Waals surface area contributed by atoms with Gasteiger partial charge >= 0.3 is 5.97 Å². The van der Waals surface area contributed by atoms with Crippen LogP contribution in [0.3, 0.4) is 0 Å². The average Bonchev–Trinajstić information content (AvgIpc) is 2.37. The molecule has 0 atom stereocenters. The van der Waals surface area contributed by atoms with Crippen LogP contribution in [-0.4, -0.2) is 12.6 Å². The summed E-state index contributed by atoms with van der Waals surface area (Å²) in [5.41, 5.74) is 2.35. The Morgan fingerprint density at radius 3 is 2.67 bits per heavy atom. The maximum Gasteiger partial charge on any atom is 0.310 e. The fraction of sp³-hybridized carbons (Fsp3) is 0.438. The Balaban J connectivity index is 2.55. The molecule has 1 aromatic carbocycles. The van der Waals surface area contributed by atoms with Crippen molar-refractivity contribution in [3.63, 3.8) is 0 Å². The smallest absolute Gasteiger partial charge is 0.310 e. The fourth-order valence-corrected chi connectivity index (χ4v) is 1.95. The Kier molecular flexibility index (Phi) is 6.85. The van der Waals surface area contributed by atoms with Gasteiger partial charge in [0, 0.05) is 0 Å². The van der Waals surface area contributed by atoms with E-state index in [0.717, 1.165) is 31.2 Å². The third-order valence-electron chi connectivity index (χ3n) is 2.86. The van der Waals surface area contributed by atoms with Gasteiger partial charge in [-0.25, -0.2) is 0 Å². The number of ether oxygens (including phenoxy) is 1. The number of carbonyl (C=O) groups is 1. The molecule has 0 unspecified atom stereocenters. The molecule has 0 aliphatic heterocycles. The molecule has 0 spiro atoms. The highest BCUT2D eigenvalue weighted by Gasteiger charge is 2.07. The molecule has 18 heavy (non-hydrogen) atoms. The van der Waals surface area contributed by atoms with Gasteiger partial charge in [0.2, 0.25) is 0 Å². The SMILES string of the molecule is C=CCCCCc1ccccc1CC(=O)OCC.